The fourth-order valence-corrected chi connectivity index (χ4v) is 3.00. The van der Waals surface area contributed by atoms with E-state index in [1.165, 1.54) is 12.3 Å². The van der Waals surface area contributed by atoms with Crippen LogP contribution in [-0.2, 0) is 38.1 Å². The van der Waals surface area contributed by atoms with Crippen molar-refractivity contribution in [1.29, 1.82) is 0 Å². The van der Waals surface area contributed by atoms with Crippen molar-refractivity contribution in [2.75, 3.05) is 33.5 Å². The average Bonchev–Trinajstić information content (AvgIpc) is 2.79. The molecular weight excluding hydrogens is 454 g/mol. The molecule has 0 aromatic carbocycles. The van der Waals surface area contributed by atoms with E-state index >= 15 is 0 Å². The molecule has 0 aliphatic carbocycles. The molecule has 0 aromatic rings. The van der Waals surface area contributed by atoms with Gasteiger partial charge in [-0.1, -0.05) is 41.0 Å². The molecule has 0 radical (unpaired) electrons. The summed E-state index contributed by atoms with van der Waals surface area (Å²) in [5, 5.41) is 1.20. The van der Waals surface area contributed by atoms with Crippen LogP contribution in [0.1, 0.15) is 102 Å². The van der Waals surface area contributed by atoms with Crippen LogP contribution in [0.4, 0.5) is 0 Å². The number of hydroxylamine groups is 2. The van der Waals surface area contributed by atoms with Crippen molar-refractivity contribution >= 4 is 0 Å². The van der Waals surface area contributed by atoms with Crippen LogP contribution in [0.3, 0.4) is 0 Å². The van der Waals surface area contributed by atoms with Gasteiger partial charge in [0.1, 0.15) is 0 Å². The third-order valence-corrected chi connectivity index (χ3v) is 4.99. The van der Waals surface area contributed by atoms with E-state index in [0.717, 1.165) is 25.7 Å². The molecule has 0 aliphatic rings. The Labute approximate surface area is 214 Å². The molecule has 9 nitrogen and oxygen atoms in total. The molecule has 0 aliphatic heterocycles. The van der Waals surface area contributed by atoms with Crippen LogP contribution < -0.4 is 0 Å². The predicted octanol–water partition coefficient (Wildman–Crippen LogP) is 6.02. The van der Waals surface area contributed by atoms with Gasteiger partial charge in [0.15, 0.2) is 5.60 Å². The average molecular weight is 510 g/mol. The maximum atomic E-state index is 6.51. The fourth-order valence-electron chi connectivity index (χ4n) is 3.00. The Morgan fingerprint density at radius 3 is 1.91 bits per heavy atom. The van der Waals surface area contributed by atoms with Crippen LogP contribution in [0.2, 0.25) is 0 Å². The Morgan fingerprint density at radius 1 is 0.800 bits per heavy atom. The number of rotatable bonds is 22. The molecule has 0 heterocycles. The van der Waals surface area contributed by atoms with Crippen LogP contribution in [0.5, 0.6) is 0 Å². The monoisotopic (exact) mass is 509 g/mol. The summed E-state index contributed by atoms with van der Waals surface area (Å²) in [7, 11) is 1.53. The lowest BCUT2D eigenvalue weighted by molar-refractivity contribution is -0.623. The van der Waals surface area contributed by atoms with Crippen LogP contribution in [0.25, 0.3) is 0 Å². The smallest absolute Gasteiger partial charge is 0.328 e. The highest BCUT2D eigenvalue weighted by Crippen LogP contribution is 2.37. The van der Waals surface area contributed by atoms with Gasteiger partial charge in [0.25, 0.3) is 0 Å². The van der Waals surface area contributed by atoms with Crippen molar-refractivity contribution in [3.05, 3.63) is 0 Å². The Hall–Kier alpha value is -0.360. The Morgan fingerprint density at radius 2 is 1.46 bits per heavy atom. The number of ether oxygens (including phenoxy) is 6. The second-order valence-corrected chi connectivity index (χ2v) is 9.82. The molecule has 0 saturated carbocycles. The quantitative estimate of drug-likeness (QED) is 0.0989. The molecule has 9 heteroatoms. The summed E-state index contributed by atoms with van der Waals surface area (Å²) < 4.78 is 36.7. The zero-order valence-corrected chi connectivity index (χ0v) is 24.6. The van der Waals surface area contributed by atoms with Gasteiger partial charge in [-0.05, 0) is 66.7 Å². The van der Waals surface area contributed by atoms with Crippen LogP contribution in [0, 0.1) is 5.92 Å². The fraction of sp³-hybridized carbons (Fsp3) is 1.00. The van der Waals surface area contributed by atoms with Crippen LogP contribution >= 0.6 is 0 Å². The van der Waals surface area contributed by atoms with Gasteiger partial charge in [-0.25, -0.2) is 0 Å². The normalized spacial score (nSPS) is 17.2. The van der Waals surface area contributed by atoms with Crippen molar-refractivity contribution in [3.8, 4) is 0 Å². The van der Waals surface area contributed by atoms with E-state index in [2.05, 4.69) is 20.8 Å². The summed E-state index contributed by atoms with van der Waals surface area (Å²) in [6.45, 7) is 23.0. The van der Waals surface area contributed by atoms with Gasteiger partial charge in [-0.15, -0.1) is 0 Å². The van der Waals surface area contributed by atoms with E-state index in [1.807, 2.05) is 55.4 Å². The molecule has 0 saturated heterocycles. The number of nitrogens with zero attached hydrogens (tertiary/aromatic N) is 1. The van der Waals surface area contributed by atoms with Crippen LogP contribution in [-0.4, -0.2) is 68.6 Å². The Bertz CT molecular complexity index is 533. The highest BCUT2D eigenvalue weighted by Gasteiger charge is 2.56. The minimum atomic E-state index is -1.76. The molecule has 0 spiro atoms. The largest absolute Gasteiger partial charge is 0.400 e. The summed E-state index contributed by atoms with van der Waals surface area (Å²) in [6, 6.07) is 0. The molecule has 3 atom stereocenters. The molecular formula is C26H55NO8. The second-order valence-electron chi connectivity index (χ2n) is 9.82. The van der Waals surface area contributed by atoms with E-state index in [9.17, 15) is 0 Å². The Kier molecular flexibility index (Phi) is 17.0. The lowest BCUT2D eigenvalue weighted by Crippen LogP contribution is -2.65. The lowest BCUT2D eigenvalue weighted by Gasteiger charge is -2.48. The zero-order chi connectivity index (χ0) is 27.1. The highest BCUT2D eigenvalue weighted by molar-refractivity contribution is 4.82. The molecule has 0 amide bonds. The van der Waals surface area contributed by atoms with Crippen molar-refractivity contribution in [2.45, 2.75) is 132 Å². The number of hydrogen-bond acceptors (Lipinski definition) is 9. The van der Waals surface area contributed by atoms with Crippen molar-refractivity contribution in [3.63, 3.8) is 0 Å². The molecule has 212 valence electrons. The van der Waals surface area contributed by atoms with Gasteiger partial charge in [0.05, 0.1) is 32.0 Å². The predicted molar refractivity (Wildman–Crippen MR) is 136 cm³/mol. The molecule has 0 fully saturated rings. The first kappa shape index (κ1) is 34.6. The van der Waals surface area contributed by atoms with Crippen molar-refractivity contribution in [2.24, 2.45) is 5.92 Å². The molecule has 35 heavy (non-hydrogen) atoms. The number of unbranched alkanes of at least 4 members (excludes halogenated alkanes) is 1. The summed E-state index contributed by atoms with van der Waals surface area (Å²) >= 11 is 0. The summed E-state index contributed by atoms with van der Waals surface area (Å²) in [5.41, 5.74) is -1.21. The van der Waals surface area contributed by atoms with E-state index in [4.69, 9.17) is 38.1 Å². The second kappa shape index (κ2) is 17.2. The third kappa shape index (κ3) is 11.3. The van der Waals surface area contributed by atoms with Gasteiger partial charge < -0.3 is 28.4 Å². The van der Waals surface area contributed by atoms with E-state index in [1.54, 1.807) is 0 Å². The first-order chi connectivity index (χ1) is 16.4. The first-order valence-electron chi connectivity index (χ1n) is 13.3. The van der Waals surface area contributed by atoms with E-state index in [0.29, 0.717) is 26.4 Å². The van der Waals surface area contributed by atoms with Crippen molar-refractivity contribution < 1.29 is 38.1 Å². The molecule has 0 rings (SSSR count). The molecule has 0 N–H and O–H groups in total. The van der Waals surface area contributed by atoms with Gasteiger partial charge in [0, 0.05) is 18.9 Å². The number of methoxy groups -OCH3 is 1. The maximum absolute atomic E-state index is 6.51. The third-order valence-electron chi connectivity index (χ3n) is 4.99. The molecule has 0 bridgehead atoms. The standard InChI is InChI=1S/C26H55NO8/c1-13-17-19-31-26(33-22(7)8,32-20-21(5)6)27(34-23(9)15-3)35-24(10,11)25(28-12,29-16-4)30-18-14-2/h21-23H,13-20H2,1-12H3. The first-order valence-corrected chi connectivity index (χ1v) is 13.3. The lowest BCUT2D eigenvalue weighted by atomic mass is 10.1. The molecule has 3 unspecified atom stereocenters. The summed E-state index contributed by atoms with van der Waals surface area (Å²) in [4.78, 5) is 12.8. The minimum absolute atomic E-state index is 0.216. The van der Waals surface area contributed by atoms with Crippen molar-refractivity contribution in [1.82, 2.24) is 5.23 Å². The van der Waals surface area contributed by atoms with E-state index in [-0.39, 0.29) is 18.1 Å². The highest BCUT2D eigenvalue weighted by atomic mass is 17.1. The van der Waals surface area contributed by atoms with Gasteiger partial charge in [-0.2, -0.15) is 0 Å². The topological polar surface area (TPSA) is 77.1 Å². The Balaban J connectivity index is 6.57. The molecule has 0 aromatic heterocycles. The van der Waals surface area contributed by atoms with Crippen LogP contribution in [0.15, 0.2) is 0 Å². The number of hydrogen-bond donors (Lipinski definition) is 0. The maximum Gasteiger partial charge on any atom is 0.400 e. The van der Waals surface area contributed by atoms with Gasteiger partial charge >= 0.3 is 12.1 Å². The SMILES string of the molecule is CCCCOC(OCC(C)C)(OC(C)C)N(OC(C)CC)OC(C)(C)C(OC)(OCC)OCCC. The minimum Gasteiger partial charge on any atom is -0.328 e. The van der Waals surface area contributed by atoms with Gasteiger partial charge in [0.2, 0.25) is 0 Å². The summed E-state index contributed by atoms with van der Waals surface area (Å²) in [5.74, 6) is -1.30. The zero-order valence-electron chi connectivity index (χ0n) is 24.6. The van der Waals surface area contributed by atoms with Gasteiger partial charge in [-0.3, -0.25) is 9.68 Å². The summed E-state index contributed by atoms with van der Waals surface area (Å²) in [6.07, 6.45) is 1.03. The van der Waals surface area contributed by atoms with E-state index < -0.39 is 17.7 Å².